The summed E-state index contributed by atoms with van der Waals surface area (Å²) >= 11 is 0. The van der Waals surface area contributed by atoms with Crippen molar-refractivity contribution < 1.29 is 0 Å². The van der Waals surface area contributed by atoms with Gasteiger partial charge >= 0.3 is 0 Å². The molecule has 3 nitrogen and oxygen atoms in total. The van der Waals surface area contributed by atoms with Crippen molar-refractivity contribution in [3.05, 3.63) is 0 Å². The molecule has 1 aliphatic carbocycles. The maximum absolute atomic E-state index is 8.87. The van der Waals surface area contributed by atoms with Gasteiger partial charge in [-0.15, -0.1) is 0 Å². The summed E-state index contributed by atoms with van der Waals surface area (Å²) < 4.78 is 0. The average Bonchev–Trinajstić information content (AvgIpc) is 3.01. The molecule has 1 N–H and O–H groups in total. The molecule has 1 fully saturated rings. The molecule has 0 aliphatic heterocycles. The first-order valence-corrected chi connectivity index (χ1v) is 5.68. The highest BCUT2D eigenvalue weighted by atomic mass is 15.2. The van der Waals surface area contributed by atoms with Crippen molar-refractivity contribution in [3.8, 4) is 6.07 Å². The van der Waals surface area contributed by atoms with Crippen LogP contribution in [0.4, 0.5) is 0 Å². The van der Waals surface area contributed by atoms with Gasteiger partial charge in [0.25, 0.3) is 0 Å². The molecule has 0 radical (unpaired) electrons. The zero-order valence-corrected chi connectivity index (χ0v) is 9.29. The molecule has 0 saturated heterocycles. The molecule has 1 saturated carbocycles. The Morgan fingerprint density at radius 1 is 1.50 bits per heavy atom. The maximum Gasteiger partial charge on any atom is 0.0965 e. The first kappa shape index (κ1) is 11.5. The molecule has 0 aromatic carbocycles. The van der Waals surface area contributed by atoms with E-state index >= 15 is 0 Å². The summed E-state index contributed by atoms with van der Waals surface area (Å²) in [5.41, 5.74) is 0. The minimum absolute atomic E-state index is 0.0350. The van der Waals surface area contributed by atoms with Crippen LogP contribution >= 0.6 is 0 Å². The fraction of sp³-hybridized carbons (Fsp3) is 0.909. The number of nitriles is 1. The molecule has 14 heavy (non-hydrogen) atoms. The predicted molar refractivity (Wildman–Crippen MR) is 58.0 cm³/mol. The molecule has 0 aromatic heterocycles. The van der Waals surface area contributed by atoms with Gasteiger partial charge in [0.1, 0.15) is 0 Å². The van der Waals surface area contributed by atoms with Crippen molar-refractivity contribution in [2.24, 2.45) is 0 Å². The Kier molecular flexibility index (Phi) is 4.92. The van der Waals surface area contributed by atoms with Crippen molar-refractivity contribution in [1.82, 2.24) is 10.2 Å². The van der Waals surface area contributed by atoms with Crippen LogP contribution in [0, 0.1) is 11.3 Å². The van der Waals surface area contributed by atoms with E-state index in [4.69, 9.17) is 5.26 Å². The van der Waals surface area contributed by atoms with Crippen LogP contribution < -0.4 is 5.32 Å². The minimum Gasteiger partial charge on any atom is -0.302 e. The number of hydrogen-bond acceptors (Lipinski definition) is 3. The molecule has 0 heterocycles. The summed E-state index contributed by atoms with van der Waals surface area (Å²) in [5.74, 6) is 0. The summed E-state index contributed by atoms with van der Waals surface area (Å²) in [6, 6.07) is 3.16. The van der Waals surface area contributed by atoms with Gasteiger partial charge in [0.05, 0.1) is 12.1 Å². The third-order valence-corrected chi connectivity index (χ3v) is 2.78. The van der Waals surface area contributed by atoms with Gasteiger partial charge in [-0.2, -0.15) is 5.26 Å². The van der Waals surface area contributed by atoms with Gasteiger partial charge < -0.3 is 10.2 Å². The van der Waals surface area contributed by atoms with Crippen LogP contribution in [0.1, 0.15) is 33.1 Å². The maximum atomic E-state index is 8.87. The Labute approximate surface area is 87.1 Å². The van der Waals surface area contributed by atoms with E-state index in [0.717, 1.165) is 32.1 Å². The molecule has 0 bridgehead atoms. The first-order chi connectivity index (χ1) is 6.81. The second-order valence-electron chi connectivity index (χ2n) is 3.89. The third-order valence-electron chi connectivity index (χ3n) is 2.78. The monoisotopic (exact) mass is 195 g/mol. The Hall–Kier alpha value is -0.590. The summed E-state index contributed by atoms with van der Waals surface area (Å²) in [4.78, 5) is 2.49. The number of rotatable bonds is 7. The zero-order chi connectivity index (χ0) is 10.4. The molecule has 0 spiro atoms. The lowest BCUT2D eigenvalue weighted by atomic mass is 10.2. The van der Waals surface area contributed by atoms with Crippen LogP contribution in [0.15, 0.2) is 0 Å². The Morgan fingerprint density at radius 3 is 2.64 bits per heavy atom. The standard InChI is InChI=1S/C11H21N3/c1-3-13-10(9-12)7-8-14(4-2)11-5-6-11/h10-11,13H,3-8H2,1-2H3. The quantitative estimate of drug-likeness (QED) is 0.666. The normalized spacial score (nSPS) is 18.1. The van der Waals surface area contributed by atoms with Crippen LogP contribution in [0.5, 0.6) is 0 Å². The molecule has 1 rings (SSSR count). The number of nitrogens with one attached hydrogen (secondary N) is 1. The lowest BCUT2D eigenvalue weighted by Gasteiger charge is -2.21. The first-order valence-electron chi connectivity index (χ1n) is 5.68. The van der Waals surface area contributed by atoms with E-state index in [9.17, 15) is 0 Å². The molecule has 80 valence electrons. The Morgan fingerprint density at radius 2 is 2.21 bits per heavy atom. The van der Waals surface area contributed by atoms with Crippen molar-refractivity contribution in [3.63, 3.8) is 0 Å². The van der Waals surface area contributed by atoms with Gasteiger partial charge in [-0.05, 0) is 32.4 Å². The van der Waals surface area contributed by atoms with Crippen LogP contribution in [0.2, 0.25) is 0 Å². The average molecular weight is 195 g/mol. The lowest BCUT2D eigenvalue weighted by molar-refractivity contribution is 0.267. The summed E-state index contributed by atoms with van der Waals surface area (Å²) in [7, 11) is 0. The SMILES string of the molecule is CCNC(C#N)CCN(CC)C1CC1. The van der Waals surface area contributed by atoms with E-state index < -0.39 is 0 Å². The highest BCUT2D eigenvalue weighted by Crippen LogP contribution is 2.26. The van der Waals surface area contributed by atoms with Gasteiger partial charge in [-0.25, -0.2) is 0 Å². The summed E-state index contributed by atoms with van der Waals surface area (Å²) in [6.07, 6.45) is 3.66. The van der Waals surface area contributed by atoms with E-state index in [0.29, 0.717) is 0 Å². The molecule has 3 heteroatoms. The van der Waals surface area contributed by atoms with E-state index in [1.54, 1.807) is 0 Å². The van der Waals surface area contributed by atoms with Crippen LogP contribution in [0.3, 0.4) is 0 Å². The van der Waals surface area contributed by atoms with E-state index in [-0.39, 0.29) is 6.04 Å². The van der Waals surface area contributed by atoms with Gasteiger partial charge in [0.15, 0.2) is 0 Å². The van der Waals surface area contributed by atoms with E-state index in [1.165, 1.54) is 12.8 Å². The van der Waals surface area contributed by atoms with Crippen LogP contribution in [-0.4, -0.2) is 36.6 Å². The van der Waals surface area contributed by atoms with Crippen LogP contribution in [-0.2, 0) is 0 Å². The predicted octanol–water partition coefficient (Wildman–Crippen LogP) is 1.36. The van der Waals surface area contributed by atoms with Gasteiger partial charge in [-0.3, -0.25) is 0 Å². The fourth-order valence-corrected chi connectivity index (χ4v) is 1.79. The van der Waals surface area contributed by atoms with Gasteiger partial charge in [-0.1, -0.05) is 13.8 Å². The topological polar surface area (TPSA) is 39.1 Å². The second-order valence-corrected chi connectivity index (χ2v) is 3.89. The Balaban J connectivity index is 2.19. The minimum atomic E-state index is 0.0350. The number of hydrogen-bond donors (Lipinski definition) is 1. The molecular weight excluding hydrogens is 174 g/mol. The molecule has 1 unspecified atom stereocenters. The Bertz CT molecular complexity index is 193. The van der Waals surface area contributed by atoms with Gasteiger partial charge in [0.2, 0.25) is 0 Å². The molecular formula is C11H21N3. The summed E-state index contributed by atoms with van der Waals surface area (Å²) in [5, 5.41) is 12.0. The molecule has 1 aliphatic rings. The molecule has 0 aromatic rings. The van der Waals surface area contributed by atoms with Crippen molar-refractivity contribution >= 4 is 0 Å². The van der Waals surface area contributed by atoms with Gasteiger partial charge in [0, 0.05) is 12.6 Å². The highest BCUT2D eigenvalue weighted by Gasteiger charge is 2.27. The zero-order valence-electron chi connectivity index (χ0n) is 9.29. The van der Waals surface area contributed by atoms with Crippen molar-refractivity contribution in [2.75, 3.05) is 19.6 Å². The lowest BCUT2D eigenvalue weighted by Crippen LogP contribution is -2.34. The smallest absolute Gasteiger partial charge is 0.0965 e. The van der Waals surface area contributed by atoms with Crippen molar-refractivity contribution in [1.29, 1.82) is 5.26 Å². The fourth-order valence-electron chi connectivity index (χ4n) is 1.79. The largest absolute Gasteiger partial charge is 0.302 e. The molecule has 0 amide bonds. The van der Waals surface area contributed by atoms with Crippen LogP contribution in [0.25, 0.3) is 0 Å². The summed E-state index contributed by atoms with van der Waals surface area (Å²) in [6.45, 7) is 7.31. The van der Waals surface area contributed by atoms with E-state index in [2.05, 4.69) is 23.2 Å². The second kappa shape index (κ2) is 6.00. The highest BCUT2D eigenvalue weighted by molar-refractivity contribution is 4.91. The molecule has 1 atom stereocenters. The third kappa shape index (κ3) is 3.65. The van der Waals surface area contributed by atoms with Crippen molar-refractivity contribution in [2.45, 2.75) is 45.2 Å². The number of nitrogens with zero attached hydrogens (tertiary/aromatic N) is 2. The van der Waals surface area contributed by atoms with E-state index in [1.807, 2.05) is 6.92 Å².